The summed E-state index contributed by atoms with van der Waals surface area (Å²) < 4.78 is 25.2. The number of anilines is 1. The minimum absolute atomic E-state index is 0.133. The van der Waals surface area contributed by atoms with Crippen molar-refractivity contribution in [2.24, 2.45) is 0 Å². The SMILES string of the molecule is Cc1ccc(C(=O)NC(=S)Nc2ccc(S(=O)(=O)N(C)C)cc2)cc1. The molecule has 0 unspecified atom stereocenters. The predicted molar refractivity (Wildman–Crippen MR) is 102 cm³/mol. The molecule has 0 bridgehead atoms. The lowest BCUT2D eigenvalue weighted by molar-refractivity contribution is 0.0977. The Hall–Kier alpha value is -2.29. The van der Waals surface area contributed by atoms with Crippen LogP contribution in [-0.2, 0) is 10.0 Å². The minimum atomic E-state index is -3.48. The van der Waals surface area contributed by atoms with E-state index in [0.29, 0.717) is 11.3 Å². The van der Waals surface area contributed by atoms with Crippen LogP contribution in [0.15, 0.2) is 53.4 Å². The van der Waals surface area contributed by atoms with E-state index in [1.165, 1.54) is 26.2 Å². The molecule has 132 valence electrons. The van der Waals surface area contributed by atoms with Crippen LogP contribution in [0.4, 0.5) is 5.69 Å². The molecule has 8 heteroatoms. The molecule has 0 aliphatic carbocycles. The molecule has 0 aliphatic rings. The molecule has 0 radical (unpaired) electrons. The number of nitrogens with one attached hydrogen (secondary N) is 2. The molecule has 0 saturated heterocycles. The first-order chi connectivity index (χ1) is 11.7. The first-order valence-corrected chi connectivity index (χ1v) is 9.26. The zero-order valence-corrected chi connectivity index (χ0v) is 15.7. The highest BCUT2D eigenvalue weighted by atomic mass is 32.2. The fourth-order valence-corrected chi connectivity index (χ4v) is 3.08. The van der Waals surface area contributed by atoms with Gasteiger partial charge in [-0.2, -0.15) is 0 Å². The number of rotatable bonds is 4. The number of amides is 1. The third-order valence-corrected chi connectivity index (χ3v) is 5.47. The number of hydrogen-bond donors (Lipinski definition) is 2. The minimum Gasteiger partial charge on any atom is -0.332 e. The summed E-state index contributed by atoms with van der Waals surface area (Å²) >= 11 is 5.12. The van der Waals surface area contributed by atoms with Gasteiger partial charge in [0.1, 0.15) is 0 Å². The van der Waals surface area contributed by atoms with Crippen LogP contribution in [0.1, 0.15) is 15.9 Å². The lowest BCUT2D eigenvalue weighted by Crippen LogP contribution is -2.34. The Balaban J connectivity index is 2.01. The highest BCUT2D eigenvalue weighted by molar-refractivity contribution is 7.89. The molecular weight excluding hydrogens is 358 g/mol. The number of sulfonamides is 1. The van der Waals surface area contributed by atoms with Crippen LogP contribution in [0.25, 0.3) is 0 Å². The van der Waals surface area contributed by atoms with Crippen molar-refractivity contribution < 1.29 is 13.2 Å². The van der Waals surface area contributed by atoms with Gasteiger partial charge in [-0.05, 0) is 55.5 Å². The number of carbonyl (C=O) groups is 1. The molecule has 2 N–H and O–H groups in total. The first kappa shape index (κ1) is 19.0. The fraction of sp³-hybridized carbons (Fsp3) is 0.176. The van der Waals surface area contributed by atoms with E-state index < -0.39 is 10.0 Å². The Morgan fingerprint density at radius 1 is 1.00 bits per heavy atom. The van der Waals surface area contributed by atoms with E-state index in [4.69, 9.17) is 12.2 Å². The predicted octanol–water partition coefficient (Wildman–Crippen LogP) is 2.37. The Labute approximate surface area is 152 Å². The van der Waals surface area contributed by atoms with Crippen LogP contribution in [-0.4, -0.2) is 37.8 Å². The Morgan fingerprint density at radius 3 is 2.08 bits per heavy atom. The molecule has 25 heavy (non-hydrogen) atoms. The van der Waals surface area contributed by atoms with Crippen molar-refractivity contribution in [2.75, 3.05) is 19.4 Å². The lowest BCUT2D eigenvalue weighted by atomic mass is 10.1. The van der Waals surface area contributed by atoms with E-state index in [0.717, 1.165) is 9.87 Å². The van der Waals surface area contributed by atoms with Gasteiger partial charge in [0.25, 0.3) is 5.91 Å². The maximum atomic E-state index is 12.1. The highest BCUT2D eigenvalue weighted by Gasteiger charge is 2.16. The highest BCUT2D eigenvalue weighted by Crippen LogP contribution is 2.16. The largest absolute Gasteiger partial charge is 0.332 e. The molecule has 6 nitrogen and oxygen atoms in total. The van der Waals surface area contributed by atoms with Crippen LogP contribution in [0.5, 0.6) is 0 Å². The normalized spacial score (nSPS) is 11.2. The van der Waals surface area contributed by atoms with Gasteiger partial charge in [-0.15, -0.1) is 0 Å². The molecule has 0 fully saturated rings. The lowest BCUT2D eigenvalue weighted by Gasteiger charge is -2.13. The van der Waals surface area contributed by atoms with Crippen LogP contribution in [0, 0.1) is 6.92 Å². The zero-order valence-electron chi connectivity index (χ0n) is 14.1. The van der Waals surface area contributed by atoms with Gasteiger partial charge in [0.05, 0.1) is 4.90 Å². The van der Waals surface area contributed by atoms with E-state index >= 15 is 0 Å². The average molecular weight is 377 g/mol. The molecule has 2 aromatic carbocycles. The summed E-state index contributed by atoms with van der Waals surface area (Å²) in [5.41, 5.74) is 2.14. The second-order valence-electron chi connectivity index (χ2n) is 5.59. The standard InChI is InChI=1S/C17H19N3O3S2/c1-12-4-6-13(7-5-12)16(21)19-17(24)18-14-8-10-15(11-9-14)25(22,23)20(2)3/h4-11H,1-3H3,(H2,18,19,21,24). The van der Waals surface area contributed by atoms with E-state index in [1.807, 2.05) is 19.1 Å². The van der Waals surface area contributed by atoms with Crippen molar-refractivity contribution in [1.82, 2.24) is 9.62 Å². The smallest absolute Gasteiger partial charge is 0.257 e. The van der Waals surface area contributed by atoms with E-state index in [-0.39, 0.29) is 15.9 Å². The molecule has 0 aliphatic heterocycles. The summed E-state index contributed by atoms with van der Waals surface area (Å²) in [6.45, 7) is 1.94. The number of aryl methyl sites for hydroxylation is 1. The second-order valence-corrected chi connectivity index (χ2v) is 8.15. The van der Waals surface area contributed by atoms with Gasteiger partial charge in [0.15, 0.2) is 5.11 Å². The van der Waals surface area contributed by atoms with Gasteiger partial charge in [-0.25, -0.2) is 12.7 Å². The monoisotopic (exact) mass is 377 g/mol. The first-order valence-electron chi connectivity index (χ1n) is 7.42. The quantitative estimate of drug-likeness (QED) is 0.800. The number of thiocarbonyl (C=S) groups is 1. The molecule has 1 amide bonds. The summed E-state index contributed by atoms with van der Waals surface area (Å²) in [5.74, 6) is -0.315. The summed E-state index contributed by atoms with van der Waals surface area (Å²) in [6, 6.07) is 13.2. The number of benzene rings is 2. The zero-order chi connectivity index (χ0) is 18.6. The summed E-state index contributed by atoms with van der Waals surface area (Å²) in [7, 11) is -0.539. The van der Waals surface area contributed by atoms with Crippen molar-refractivity contribution in [3.63, 3.8) is 0 Å². The maximum Gasteiger partial charge on any atom is 0.257 e. The average Bonchev–Trinajstić information content (AvgIpc) is 2.55. The van der Waals surface area contributed by atoms with Gasteiger partial charge in [0, 0.05) is 25.3 Å². The summed E-state index contributed by atoms with van der Waals surface area (Å²) in [4.78, 5) is 12.3. The molecule has 0 aromatic heterocycles. The van der Waals surface area contributed by atoms with Gasteiger partial charge >= 0.3 is 0 Å². The van der Waals surface area contributed by atoms with Gasteiger partial charge in [-0.1, -0.05) is 17.7 Å². The molecule has 2 rings (SSSR count). The Kier molecular flexibility index (Phi) is 5.89. The summed E-state index contributed by atoms with van der Waals surface area (Å²) in [5, 5.41) is 5.57. The van der Waals surface area contributed by atoms with Crippen molar-refractivity contribution in [1.29, 1.82) is 0 Å². The molecular formula is C17H19N3O3S2. The topological polar surface area (TPSA) is 78.5 Å². The van der Waals surface area contributed by atoms with Crippen LogP contribution in [0.2, 0.25) is 0 Å². The molecule has 2 aromatic rings. The van der Waals surface area contributed by atoms with Crippen molar-refractivity contribution in [2.45, 2.75) is 11.8 Å². The fourth-order valence-electron chi connectivity index (χ4n) is 1.96. The van der Waals surface area contributed by atoms with Crippen LogP contribution >= 0.6 is 12.2 Å². The molecule has 0 heterocycles. The number of nitrogens with zero attached hydrogens (tertiary/aromatic N) is 1. The van der Waals surface area contributed by atoms with Crippen molar-refractivity contribution >= 4 is 38.9 Å². The maximum absolute atomic E-state index is 12.1. The third-order valence-electron chi connectivity index (χ3n) is 3.43. The second kappa shape index (κ2) is 7.73. The van der Waals surface area contributed by atoms with Gasteiger partial charge < -0.3 is 5.32 Å². The third kappa shape index (κ3) is 4.85. The van der Waals surface area contributed by atoms with Crippen LogP contribution in [0.3, 0.4) is 0 Å². The number of carbonyl (C=O) groups excluding carboxylic acids is 1. The molecule has 0 spiro atoms. The van der Waals surface area contributed by atoms with Crippen molar-refractivity contribution in [3.8, 4) is 0 Å². The summed E-state index contributed by atoms with van der Waals surface area (Å²) in [6.07, 6.45) is 0. The van der Waals surface area contributed by atoms with Crippen LogP contribution < -0.4 is 10.6 Å². The van der Waals surface area contributed by atoms with Gasteiger partial charge in [-0.3, -0.25) is 10.1 Å². The van der Waals surface area contributed by atoms with Gasteiger partial charge in [0.2, 0.25) is 10.0 Å². The number of hydrogen-bond acceptors (Lipinski definition) is 4. The van der Waals surface area contributed by atoms with E-state index in [1.54, 1.807) is 24.3 Å². The molecule has 0 atom stereocenters. The Morgan fingerprint density at radius 2 is 1.56 bits per heavy atom. The van der Waals surface area contributed by atoms with Crippen molar-refractivity contribution in [3.05, 3.63) is 59.7 Å². The molecule has 0 saturated carbocycles. The Bertz CT molecular complexity index is 874. The van der Waals surface area contributed by atoms with E-state index in [2.05, 4.69) is 10.6 Å². The van der Waals surface area contributed by atoms with E-state index in [9.17, 15) is 13.2 Å².